The van der Waals surface area contributed by atoms with E-state index in [2.05, 4.69) is 0 Å². The van der Waals surface area contributed by atoms with E-state index in [4.69, 9.17) is 0 Å². The van der Waals surface area contributed by atoms with Gasteiger partial charge in [-0.25, -0.2) is 0 Å². The third-order valence-electron chi connectivity index (χ3n) is 6.96. The molecule has 0 spiro atoms. The number of halogens is 6. The molecule has 0 saturated carbocycles. The van der Waals surface area contributed by atoms with Gasteiger partial charge in [0.2, 0.25) is 0 Å². The van der Waals surface area contributed by atoms with Gasteiger partial charge in [0, 0.05) is 0 Å². The smallest absolute Gasteiger partial charge is 0.166 e. The average Bonchev–Trinajstić information content (AvgIpc) is 3.07. The van der Waals surface area contributed by atoms with Crippen LogP contribution in [0.25, 0.3) is 0 Å². The van der Waals surface area contributed by atoms with Crippen LogP contribution in [0, 0.1) is 0 Å². The van der Waals surface area contributed by atoms with Crippen LogP contribution in [-0.2, 0) is 12.4 Å². The van der Waals surface area contributed by atoms with Crippen LogP contribution in [-0.4, -0.2) is 0 Å². The Morgan fingerprint density at radius 2 is 0.500 bits per heavy atom. The largest absolute Gasteiger partial charge is 0.417 e. The first-order valence-electron chi connectivity index (χ1n) is 14.3. The van der Waals surface area contributed by atoms with Gasteiger partial charge in [0.15, 0.2) is 0 Å². The monoisotopic (exact) mass is 660 g/mol. The molecule has 0 atom stereocenters. The Labute approximate surface area is 266 Å². The highest BCUT2D eigenvalue weighted by Gasteiger charge is 2.36. The minimum Gasteiger partial charge on any atom is -0.166 e. The summed E-state index contributed by atoms with van der Waals surface area (Å²) >= 11 is 0. The summed E-state index contributed by atoms with van der Waals surface area (Å²) < 4.78 is 80.7. The van der Waals surface area contributed by atoms with Crippen LogP contribution in [0.4, 0.5) is 26.3 Å². The average molecular weight is 661 g/mol. The van der Waals surface area contributed by atoms with Gasteiger partial charge in [-0.05, 0) is 59.8 Å². The third kappa shape index (κ3) is 8.12. The van der Waals surface area contributed by atoms with Crippen LogP contribution in [0.2, 0.25) is 0 Å². The first-order valence-corrected chi connectivity index (χ1v) is 17.0. The molecule has 0 amide bonds. The number of benzene rings is 6. The van der Waals surface area contributed by atoms with E-state index in [1.54, 1.807) is 24.3 Å². The van der Waals surface area contributed by atoms with Crippen molar-refractivity contribution in [2.24, 2.45) is 0 Å². The van der Waals surface area contributed by atoms with Gasteiger partial charge in [-0.15, -0.1) is 0 Å². The lowest BCUT2D eigenvalue weighted by Crippen LogP contribution is -2.26. The first-order chi connectivity index (χ1) is 22.1. The summed E-state index contributed by atoms with van der Waals surface area (Å²) in [4.78, 5) is 0. The van der Waals surface area contributed by atoms with E-state index in [0.717, 1.165) is 33.4 Å². The predicted octanol–water partition coefficient (Wildman–Crippen LogP) is 8.93. The molecule has 232 valence electrons. The van der Waals surface area contributed by atoms with Gasteiger partial charge in [0.25, 0.3) is 0 Å². The van der Waals surface area contributed by atoms with Crippen LogP contribution in [0.3, 0.4) is 0 Å². The minimum absolute atomic E-state index is 0.340. The standard InChI is InChI=1S/2C19H14F3P/c2*20-19(21,22)17-13-7-8-14-18(17)23(15-9-3-1-4-10-15)16-11-5-2-6-12-16/h2*1-14H. The van der Waals surface area contributed by atoms with Crippen molar-refractivity contribution in [2.75, 3.05) is 0 Å². The Morgan fingerprint density at radius 3 is 0.739 bits per heavy atom. The molecule has 46 heavy (non-hydrogen) atoms. The van der Waals surface area contributed by atoms with Crippen LogP contribution in [0.1, 0.15) is 11.1 Å². The van der Waals surface area contributed by atoms with Crippen molar-refractivity contribution in [3.05, 3.63) is 181 Å². The maximum absolute atomic E-state index is 13.5. The molecule has 0 fully saturated rings. The van der Waals surface area contributed by atoms with Crippen molar-refractivity contribution in [1.29, 1.82) is 0 Å². The molecule has 0 saturated heterocycles. The zero-order valence-electron chi connectivity index (χ0n) is 24.3. The summed E-state index contributed by atoms with van der Waals surface area (Å²) in [6, 6.07) is 49.3. The fourth-order valence-electron chi connectivity index (χ4n) is 4.98. The lowest BCUT2D eigenvalue weighted by Gasteiger charge is -2.23. The number of hydrogen-bond acceptors (Lipinski definition) is 0. The summed E-state index contributed by atoms with van der Waals surface area (Å²) in [7, 11) is -2.50. The molecule has 0 bridgehead atoms. The molecular weight excluding hydrogens is 632 g/mol. The molecule has 0 aliphatic carbocycles. The first kappa shape index (κ1) is 33.1. The van der Waals surface area contributed by atoms with Crippen LogP contribution in [0.15, 0.2) is 170 Å². The number of alkyl halides is 6. The quantitative estimate of drug-likeness (QED) is 0.124. The topological polar surface area (TPSA) is 0 Å². The zero-order valence-corrected chi connectivity index (χ0v) is 26.1. The Balaban J connectivity index is 0.000000181. The molecule has 0 heterocycles. The van der Waals surface area contributed by atoms with Gasteiger partial charge >= 0.3 is 12.4 Å². The Kier molecular flexibility index (Phi) is 10.7. The summed E-state index contributed by atoms with van der Waals surface area (Å²) in [5, 5.41) is 4.31. The van der Waals surface area contributed by atoms with Crippen molar-refractivity contribution >= 4 is 47.7 Å². The van der Waals surface area contributed by atoms with E-state index < -0.39 is 39.3 Å². The van der Waals surface area contributed by atoms with Crippen LogP contribution in [0.5, 0.6) is 0 Å². The highest BCUT2D eigenvalue weighted by atomic mass is 31.1. The summed E-state index contributed by atoms with van der Waals surface area (Å²) in [5.41, 5.74) is -1.11. The maximum Gasteiger partial charge on any atom is 0.417 e. The van der Waals surface area contributed by atoms with Gasteiger partial charge in [-0.3, -0.25) is 0 Å². The second kappa shape index (κ2) is 14.9. The van der Waals surface area contributed by atoms with Crippen LogP contribution < -0.4 is 31.8 Å². The summed E-state index contributed by atoms with van der Waals surface area (Å²) in [6.07, 6.45) is -8.72. The molecule has 0 nitrogen and oxygen atoms in total. The molecule has 0 aromatic heterocycles. The SMILES string of the molecule is FC(F)(F)c1ccccc1P(c1ccccc1)c1ccccc1.FC(F)(F)c1ccccc1P(c1ccccc1)c1ccccc1. The number of hydrogen-bond donors (Lipinski definition) is 0. The summed E-state index contributed by atoms with van der Waals surface area (Å²) in [5.74, 6) is 0. The fraction of sp³-hybridized carbons (Fsp3) is 0.0526. The molecule has 0 aliphatic rings. The molecule has 6 aromatic carbocycles. The fourth-order valence-corrected chi connectivity index (χ4v) is 9.92. The zero-order chi connectivity index (χ0) is 32.6. The van der Waals surface area contributed by atoms with E-state index in [0.29, 0.717) is 10.6 Å². The maximum atomic E-state index is 13.5. The molecule has 0 aliphatic heterocycles. The second-order valence-corrected chi connectivity index (χ2v) is 14.4. The third-order valence-corrected chi connectivity index (χ3v) is 12.0. The molecule has 6 aromatic rings. The number of rotatable bonds is 6. The van der Waals surface area contributed by atoms with E-state index in [-0.39, 0.29) is 0 Å². The lowest BCUT2D eigenvalue weighted by molar-refractivity contribution is -0.137. The van der Waals surface area contributed by atoms with Crippen molar-refractivity contribution in [2.45, 2.75) is 12.4 Å². The van der Waals surface area contributed by atoms with E-state index in [9.17, 15) is 26.3 Å². The van der Waals surface area contributed by atoms with Gasteiger partial charge in [0.1, 0.15) is 0 Å². The highest BCUT2D eigenvalue weighted by Crippen LogP contribution is 2.40. The molecule has 0 radical (unpaired) electrons. The van der Waals surface area contributed by atoms with Crippen molar-refractivity contribution in [1.82, 2.24) is 0 Å². The van der Waals surface area contributed by atoms with E-state index in [1.807, 2.05) is 121 Å². The molecule has 8 heteroatoms. The van der Waals surface area contributed by atoms with Gasteiger partial charge in [-0.2, -0.15) is 26.3 Å². The Bertz CT molecular complexity index is 1590. The minimum atomic E-state index is -4.36. The Hall–Kier alpha value is -4.24. The molecular formula is C38H28F6P2. The lowest BCUT2D eigenvalue weighted by atomic mass is 10.2. The Morgan fingerprint density at radius 1 is 0.283 bits per heavy atom. The van der Waals surface area contributed by atoms with Gasteiger partial charge in [-0.1, -0.05) is 158 Å². The predicted molar refractivity (Wildman–Crippen MR) is 180 cm³/mol. The van der Waals surface area contributed by atoms with Crippen LogP contribution >= 0.6 is 15.8 Å². The molecule has 6 rings (SSSR count). The van der Waals surface area contributed by atoms with Crippen molar-refractivity contribution in [3.63, 3.8) is 0 Å². The molecule has 0 unspecified atom stereocenters. The van der Waals surface area contributed by atoms with Gasteiger partial charge in [0.05, 0.1) is 11.1 Å². The van der Waals surface area contributed by atoms with Crippen molar-refractivity contribution in [3.8, 4) is 0 Å². The van der Waals surface area contributed by atoms with E-state index in [1.165, 1.54) is 12.1 Å². The van der Waals surface area contributed by atoms with Gasteiger partial charge < -0.3 is 0 Å². The normalized spacial score (nSPS) is 11.7. The van der Waals surface area contributed by atoms with Crippen molar-refractivity contribution < 1.29 is 26.3 Å². The summed E-state index contributed by atoms with van der Waals surface area (Å²) in [6.45, 7) is 0. The highest BCUT2D eigenvalue weighted by molar-refractivity contribution is 7.80. The second-order valence-electron chi connectivity index (χ2n) is 10.0. The molecule has 0 N–H and O–H groups in total. The van der Waals surface area contributed by atoms with E-state index >= 15 is 0 Å².